The summed E-state index contributed by atoms with van der Waals surface area (Å²) in [5.41, 5.74) is 0.545. The first kappa shape index (κ1) is 29.7. The number of benzene rings is 2. The average molecular weight is 617 g/mol. The van der Waals surface area contributed by atoms with Crippen molar-refractivity contribution in [2.75, 3.05) is 13.1 Å². The summed E-state index contributed by atoms with van der Waals surface area (Å²) in [5, 5.41) is 29.8. The zero-order valence-corrected chi connectivity index (χ0v) is 24.9. The van der Waals surface area contributed by atoms with Crippen molar-refractivity contribution in [1.29, 1.82) is 0 Å². The Morgan fingerprint density at radius 1 is 1.25 bits per heavy atom. The number of hydrogen-bond donors (Lipinski definition) is 3. The van der Waals surface area contributed by atoms with Crippen LogP contribution in [0.1, 0.15) is 62.4 Å². The van der Waals surface area contributed by atoms with E-state index in [0.717, 1.165) is 11.1 Å². The first-order chi connectivity index (χ1) is 18.8. The number of amides is 2. The fourth-order valence-corrected chi connectivity index (χ4v) is 6.36. The van der Waals surface area contributed by atoms with E-state index in [-0.39, 0.29) is 18.9 Å². The molecule has 1 aromatic heterocycles. The molecule has 1 aliphatic rings. The Balaban J connectivity index is 1.89. The molecule has 40 heavy (non-hydrogen) atoms. The summed E-state index contributed by atoms with van der Waals surface area (Å²) in [5.74, 6) is -1.05. The number of likely N-dealkylation sites (tertiary alicyclic amines) is 1. The Hall–Kier alpha value is -3.24. The van der Waals surface area contributed by atoms with Gasteiger partial charge in [0.2, 0.25) is 5.91 Å². The van der Waals surface area contributed by atoms with E-state index in [2.05, 4.69) is 26.4 Å². The number of rotatable bonds is 6. The lowest BCUT2D eigenvalue weighted by atomic mass is 9.64. The standard InChI is InChI=1S/C30H35BrFN3O5/c1-17-10-11-20(16-22(17)32)30(39)13-15-35(28(37)38)27(29(3,4)5)23(30)25-24(31)26(40-34-25)21-9-7-6-8-19(21)12-14-33-18(2)36/h6-11,16,23,27,39H,12-15H2,1-5H3,(H,33,36)(H,37,38)/t23-,27?,30-/m0/s1. The molecular weight excluding hydrogens is 581 g/mol. The Bertz CT molecular complexity index is 1420. The zero-order chi connectivity index (χ0) is 29.4. The number of halogens is 2. The molecule has 0 spiro atoms. The molecule has 1 aliphatic heterocycles. The van der Waals surface area contributed by atoms with Crippen LogP contribution in [0.3, 0.4) is 0 Å². The number of nitrogens with one attached hydrogen (secondary N) is 1. The second-order valence-electron chi connectivity index (χ2n) is 11.5. The van der Waals surface area contributed by atoms with Crippen LogP contribution in [-0.2, 0) is 16.8 Å². The SMILES string of the molecule is CC(=O)NCCc1ccccc1-c1onc([C@H]2C(C(C)(C)C)N(C(=O)O)CC[C@]2(O)c2ccc(C)c(F)c2)c1Br. The number of aliphatic hydroxyl groups is 1. The van der Waals surface area contributed by atoms with Gasteiger partial charge in [0.05, 0.1) is 16.4 Å². The molecule has 2 heterocycles. The van der Waals surface area contributed by atoms with Crippen LogP contribution in [0.25, 0.3) is 11.3 Å². The molecular formula is C30H35BrFN3O5. The number of hydrogen-bond acceptors (Lipinski definition) is 5. The number of carbonyl (C=O) groups excluding carboxylic acids is 1. The smallest absolute Gasteiger partial charge is 0.407 e. The lowest BCUT2D eigenvalue weighted by Gasteiger charge is -2.53. The Morgan fingerprint density at radius 2 is 1.95 bits per heavy atom. The van der Waals surface area contributed by atoms with Gasteiger partial charge in [0.15, 0.2) is 5.76 Å². The molecule has 3 atom stereocenters. The van der Waals surface area contributed by atoms with Gasteiger partial charge in [-0.1, -0.05) is 62.3 Å². The van der Waals surface area contributed by atoms with E-state index < -0.39 is 34.9 Å². The van der Waals surface area contributed by atoms with Gasteiger partial charge >= 0.3 is 6.09 Å². The maximum Gasteiger partial charge on any atom is 0.407 e. The maximum atomic E-state index is 14.8. The molecule has 0 bridgehead atoms. The summed E-state index contributed by atoms with van der Waals surface area (Å²) in [6, 6.07) is 11.5. The predicted molar refractivity (Wildman–Crippen MR) is 152 cm³/mol. The van der Waals surface area contributed by atoms with Crippen LogP contribution in [-0.4, -0.2) is 51.4 Å². The van der Waals surface area contributed by atoms with Crippen molar-refractivity contribution >= 4 is 27.9 Å². The molecule has 0 saturated carbocycles. The van der Waals surface area contributed by atoms with Crippen molar-refractivity contribution in [2.24, 2.45) is 5.41 Å². The topological polar surface area (TPSA) is 116 Å². The van der Waals surface area contributed by atoms with E-state index in [4.69, 9.17) is 4.52 Å². The molecule has 1 unspecified atom stereocenters. The average Bonchev–Trinajstić information content (AvgIpc) is 3.25. The molecule has 4 rings (SSSR count). The molecule has 1 fully saturated rings. The lowest BCUT2D eigenvalue weighted by Crippen LogP contribution is -2.60. The fraction of sp³-hybridized carbons (Fsp3) is 0.433. The van der Waals surface area contributed by atoms with Crippen molar-refractivity contribution in [1.82, 2.24) is 15.4 Å². The molecule has 214 valence electrons. The molecule has 10 heteroatoms. The highest BCUT2D eigenvalue weighted by Gasteiger charge is 2.56. The number of aromatic nitrogens is 1. The second-order valence-corrected chi connectivity index (χ2v) is 12.3. The van der Waals surface area contributed by atoms with Crippen LogP contribution >= 0.6 is 15.9 Å². The van der Waals surface area contributed by atoms with Gasteiger partial charge in [0, 0.05) is 25.6 Å². The first-order valence-corrected chi connectivity index (χ1v) is 14.0. The van der Waals surface area contributed by atoms with Crippen LogP contribution in [0.15, 0.2) is 51.5 Å². The van der Waals surface area contributed by atoms with Gasteiger partial charge in [-0.25, -0.2) is 9.18 Å². The summed E-state index contributed by atoms with van der Waals surface area (Å²) in [6.45, 7) is 9.34. The van der Waals surface area contributed by atoms with E-state index in [1.165, 1.54) is 17.9 Å². The highest BCUT2D eigenvalue weighted by atomic mass is 79.9. The molecule has 8 nitrogen and oxygen atoms in total. The molecule has 3 aromatic rings. The summed E-state index contributed by atoms with van der Waals surface area (Å²) >= 11 is 3.67. The van der Waals surface area contributed by atoms with Crippen molar-refractivity contribution < 1.29 is 28.7 Å². The van der Waals surface area contributed by atoms with Crippen LogP contribution < -0.4 is 5.32 Å². The van der Waals surface area contributed by atoms with Crippen molar-refractivity contribution in [3.63, 3.8) is 0 Å². The summed E-state index contributed by atoms with van der Waals surface area (Å²) in [7, 11) is 0. The minimum Gasteiger partial charge on any atom is -0.465 e. The quantitative estimate of drug-likeness (QED) is 0.313. The largest absolute Gasteiger partial charge is 0.465 e. The summed E-state index contributed by atoms with van der Waals surface area (Å²) < 4.78 is 21.2. The third-order valence-corrected chi connectivity index (χ3v) is 8.46. The van der Waals surface area contributed by atoms with Crippen molar-refractivity contribution in [2.45, 2.75) is 65.0 Å². The number of nitrogens with zero attached hydrogens (tertiary/aromatic N) is 2. The molecule has 2 aromatic carbocycles. The summed E-state index contributed by atoms with van der Waals surface area (Å²) in [4.78, 5) is 25.2. The van der Waals surface area contributed by atoms with Gasteiger partial charge in [0.1, 0.15) is 17.1 Å². The number of piperidine rings is 1. The van der Waals surface area contributed by atoms with Gasteiger partial charge in [-0.05, 0) is 63.9 Å². The van der Waals surface area contributed by atoms with Crippen LogP contribution in [0.2, 0.25) is 0 Å². The van der Waals surface area contributed by atoms with Crippen LogP contribution in [0.5, 0.6) is 0 Å². The normalized spacial score (nSPS) is 21.4. The van der Waals surface area contributed by atoms with Crippen molar-refractivity contribution in [3.05, 3.63) is 75.1 Å². The minimum absolute atomic E-state index is 0.0426. The van der Waals surface area contributed by atoms with E-state index >= 15 is 0 Å². The van der Waals surface area contributed by atoms with Crippen LogP contribution in [0.4, 0.5) is 9.18 Å². The highest BCUT2D eigenvalue weighted by Crippen LogP contribution is 2.53. The van der Waals surface area contributed by atoms with Crippen molar-refractivity contribution in [3.8, 4) is 11.3 Å². The monoisotopic (exact) mass is 615 g/mol. The maximum absolute atomic E-state index is 14.8. The second kappa shape index (κ2) is 11.3. The summed E-state index contributed by atoms with van der Waals surface area (Å²) in [6.07, 6.45) is -0.516. The molecule has 3 N–H and O–H groups in total. The van der Waals surface area contributed by atoms with E-state index in [0.29, 0.717) is 40.0 Å². The van der Waals surface area contributed by atoms with Gasteiger partial charge < -0.3 is 25.0 Å². The third kappa shape index (κ3) is 5.65. The Kier molecular flexibility index (Phi) is 8.42. The molecule has 1 saturated heterocycles. The van der Waals surface area contributed by atoms with E-state index in [9.17, 15) is 24.2 Å². The van der Waals surface area contributed by atoms with Crippen LogP contribution in [0, 0.1) is 18.2 Å². The minimum atomic E-state index is -1.64. The van der Waals surface area contributed by atoms with Gasteiger partial charge in [-0.3, -0.25) is 4.79 Å². The fourth-order valence-electron chi connectivity index (χ4n) is 5.76. The van der Waals surface area contributed by atoms with E-state index in [1.54, 1.807) is 19.1 Å². The lowest BCUT2D eigenvalue weighted by molar-refractivity contribution is -0.118. The van der Waals surface area contributed by atoms with Gasteiger partial charge in [-0.15, -0.1) is 0 Å². The number of carboxylic acid groups (broad SMARTS) is 1. The molecule has 0 radical (unpaired) electrons. The molecule has 2 amide bonds. The third-order valence-electron chi connectivity index (χ3n) is 7.69. The highest BCUT2D eigenvalue weighted by molar-refractivity contribution is 9.10. The number of carbonyl (C=O) groups is 2. The molecule has 0 aliphatic carbocycles. The predicted octanol–water partition coefficient (Wildman–Crippen LogP) is 6.00. The van der Waals surface area contributed by atoms with E-state index in [1.807, 2.05) is 45.0 Å². The Labute approximate surface area is 241 Å². The van der Waals surface area contributed by atoms with Gasteiger partial charge in [0.25, 0.3) is 0 Å². The number of aryl methyl sites for hydroxylation is 1. The van der Waals surface area contributed by atoms with Gasteiger partial charge in [-0.2, -0.15) is 0 Å². The Morgan fingerprint density at radius 3 is 2.58 bits per heavy atom. The zero-order valence-electron chi connectivity index (χ0n) is 23.3. The first-order valence-electron chi connectivity index (χ1n) is 13.2.